The second kappa shape index (κ2) is 4.32. The van der Waals surface area contributed by atoms with Gasteiger partial charge in [-0.2, -0.15) is 0 Å². The van der Waals surface area contributed by atoms with Gasteiger partial charge in [-0.05, 0) is 12.2 Å². The number of hydrogen-bond acceptors (Lipinski definition) is 1. The Balaban J connectivity index is 3.58. The highest BCUT2D eigenvalue weighted by atomic mass is 32.1. The highest BCUT2D eigenvalue weighted by Gasteiger charge is 1.95. The first kappa shape index (κ1) is 8.43. The van der Waals surface area contributed by atoms with Gasteiger partial charge in [0.05, 0.1) is 0 Å². The molecule has 0 bridgehead atoms. The number of likely N-dealkylation sites (N-methyl/N-ethyl adjacent to an activating group) is 1. The minimum absolute atomic E-state index is 0.745. The van der Waals surface area contributed by atoms with Crippen molar-refractivity contribution in [2.24, 2.45) is 0 Å². The van der Waals surface area contributed by atoms with Gasteiger partial charge >= 0.3 is 0 Å². The molecule has 0 fully saturated rings. The van der Waals surface area contributed by atoms with Gasteiger partial charge < -0.3 is 10.2 Å². The maximum atomic E-state index is 4.91. The average molecular weight is 144 g/mol. The smallest absolute Gasteiger partial charge is 0.168 e. The molecule has 0 aromatic rings. The number of rotatable bonds is 2. The lowest BCUT2D eigenvalue weighted by Crippen LogP contribution is -2.34. The molecule has 0 heterocycles. The van der Waals surface area contributed by atoms with E-state index in [2.05, 4.69) is 11.9 Å². The van der Waals surface area contributed by atoms with Crippen molar-refractivity contribution in [2.75, 3.05) is 20.6 Å². The molecule has 9 heavy (non-hydrogen) atoms. The summed E-state index contributed by atoms with van der Waals surface area (Å²) in [4.78, 5) is 1.91. The van der Waals surface area contributed by atoms with Crippen molar-refractivity contribution in [3.05, 3.63) is 12.7 Å². The number of hydrogen-bond donors (Lipinski definition) is 1. The van der Waals surface area contributed by atoms with Crippen LogP contribution in [-0.2, 0) is 0 Å². The third-order valence-corrected chi connectivity index (χ3v) is 1.48. The van der Waals surface area contributed by atoms with E-state index in [0.717, 1.165) is 11.7 Å². The summed E-state index contributed by atoms with van der Waals surface area (Å²) in [5.74, 6) is 0. The van der Waals surface area contributed by atoms with Crippen LogP contribution in [0.25, 0.3) is 0 Å². The first-order chi connectivity index (χ1) is 4.22. The third-order valence-electron chi connectivity index (χ3n) is 0.964. The summed E-state index contributed by atoms with van der Waals surface area (Å²) >= 11 is 4.91. The molecule has 0 radical (unpaired) electrons. The van der Waals surface area contributed by atoms with E-state index in [1.54, 1.807) is 0 Å². The predicted molar refractivity (Wildman–Crippen MR) is 44.5 cm³/mol. The van der Waals surface area contributed by atoms with Gasteiger partial charge in [0, 0.05) is 20.6 Å². The summed E-state index contributed by atoms with van der Waals surface area (Å²) in [5.41, 5.74) is 0. The third kappa shape index (κ3) is 3.08. The molecule has 0 aromatic carbocycles. The van der Waals surface area contributed by atoms with Gasteiger partial charge in [-0.1, -0.05) is 6.08 Å². The summed E-state index contributed by atoms with van der Waals surface area (Å²) < 4.78 is 0. The molecule has 0 amide bonds. The molecule has 0 aromatic heterocycles. The van der Waals surface area contributed by atoms with Crippen LogP contribution >= 0.6 is 12.2 Å². The van der Waals surface area contributed by atoms with E-state index >= 15 is 0 Å². The number of nitrogens with zero attached hydrogens (tertiary/aromatic N) is 1. The second-order valence-electron chi connectivity index (χ2n) is 1.72. The SMILES string of the molecule is C=CCN(C)C(=S)NC. The molecule has 0 aliphatic carbocycles. The molecule has 0 saturated carbocycles. The Bertz CT molecular complexity index is 112. The van der Waals surface area contributed by atoms with Gasteiger partial charge in [-0.15, -0.1) is 6.58 Å². The lowest BCUT2D eigenvalue weighted by atomic mass is 10.6. The average Bonchev–Trinajstić information content (AvgIpc) is 1.87. The maximum Gasteiger partial charge on any atom is 0.168 e. The molecule has 0 spiro atoms. The zero-order valence-corrected chi connectivity index (χ0v) is 6.66. The van der Waals surface area contributed by atoms with Crippen LogP contribution < -0.4 is 5.32 Å². The monoisotopic (exact) mass is 144 g/mol. The van der Waals surface area contributed by atoms with Crippen LogP contribution in [0.2, 0.25) is 0 Å². The topological polar surface area (TPSA) is 15.3 Å². The van der Waals surface area contributed by atoms with Gasteiger partial charge in [0.2, 0.25) is 0 Å². The standard InChI is InChI=1S/C6H12N2S/c1-4-5-8(3)6(9)7-2/h4H,1,5H2,2-3H3,(H,7,9). The minimum atomic E-state index is 0.745. The molecular formula is C6H12N2S. The predicted octanol–water partition coefficient (Wildman–Crippen LogP) is 0.609. The van der Waals surface area contributed by atoms with Crippen LogP contribution in [0, 0.1) is 0 Å². The van der Waals surface area contributed by atoms with Gasteiger partial charge in [0.15, 0.2) is 5.11 Å². The van der Waals surface area contributed by atoms with E-state index in [1.165, 1.54) is 0 Å². The zero-order valence-electron chi connectivity index (χ0n) is 5.85. The lowest BCUT2D eigenvalue weighted by molar-refractivity contribution is 0.557. The second-order valence-corrected chi connectivity index (χ2v) is 2.11. The summed E-state index contributed by atoms with van der Waals surface area (Å²) in [6.07, 6.45) is 1.81. The van der Waals surface area contributed by atoms with Crippen molar-refractivity contribution in [1.82, 2.24) is 10.2 Å². The fraction of sp³-hybridized carbons (Fsp3) is 0.500. The summed E-state index contributed by atoms with van der Waals surface area (Å²) in [7, 11) is 3.72. The number of nitrogens with one attached hydrogen (secondary N) is 1. The fourth-order valence-corrected chi connectivity index (χ4v) is 0.542. The van der Waals surface area contributed by atoms with Crippen LogP contribution in [0.4, 0.5) is 0 Å². The quantitative estimate of drug-likeness (QED) is 0.451. The molecule has 3 heteroatoms. The van der Waals surface area contributed by atoms with Crippen LogP contribution in [-0.4, -0.2) is 30.7 Å². The molecule has 52 valence electrons. The molecule has 1 N–H and O–H groups in total. The minimum Gasteiger partial charge on any atom is -0.366 e. The Morgan fingerprint density at radius 1 is 1.89 bits per heavy atom. The van der Waals surface area contributed by atoms with Crippen molar-refractivity contribution >= 4 is 17.3 Å². The normalized spacial score (nSPS) is 8.22. The highest BCUT2D eigenvalue weighted by Crippen LogP contribution is 1.82. The lowest BCUT2D eigenvalue weighted by Gasteiger charge is -2.16. The first-order valence-corrected chi connectivity index (χ1v) is 3.17. The molecule has 0 aliphatic rings. The molecule has 2 nitrogen and oxygen atoms in total. The van der Waals surface area contributed by atoms with Gasteiger partial charge in [-0.3, -0.25) is 0 Å². The van der Waals surface area contributed by atoms with Crippen LogP contribution in [0.5, 0.6) is 0 Å². The van der Waals surface area contributed by atoms with Gasteiger partial charge in [0.1, 0.15) is 0 Å². The van der Waals surface area contributed by atoms with Crippen LogP contribution in [0.1, 0.15) is 0 Å². The Hall–Kier alpha value is -0.570. The van der Waals surface area contributed by atoms with Crippen molar-refractivity contribution < 1.29 is 0 Å². The van der Waals surface area contributed by atoms with Crippen LogP contribution in [0.3, 0.4) is 0 Å². The summed E-state index contributed by atoms with van der Waals surface area (Å²) in [6.45, 7) is 4.38. The summed E-state index contributed by atoms with van der Waals surface area (Å²) in [5, 5.41) is 3.60. The van der Waals surface area contributed by atoms with Crippen molar-refractivity contribution in [2.45, 2.75) is 0 Å². The highest BCUT2D eigenvalue weighted by molar-refractivity contribution is 7.80. The fourth-order valence-electron chi connectivity index (χ4n) is 0.467. The van der Waals surface area contributed by atoms with E-state index in [4.69, 9.17) is 12.2 Å². The van der Waals surface area contributed by atoms with Crippen molar-refractivity contribution in [3.8, 4) is 0 Å². The molecular weight excluding hydrogens is 132 g/mol. The van der Waals surface area contributed by atoms with E-state index in [-0.39, 0.29) is 0 Å². The number of thiocarbonyl (C=S) groups is 1. The van der Waals surface area contributed by atoms with Crippen molar-refractivity contribution in [1.29, 1.82) is 0 Å². The van der Waals surface area contributed by atoms with Gasteiger partial charge in [-0.25, -0.2) is 0 Å². The Labute approximate surface area is 61.5 Å². The Morgan fingerprint density at radius 3 is 2.78 bits per heavy atom. The Morgan fingerprint density at radius 2 is 2.44 bits per heavy atom. The Kier molecular flexibility index (Phi) is 4.05. The van der Waals surface area contributed by atoms with Gasteiger partial charge in [0.25, 0.3) is 0 Å². The van der Waals surface area contributed by atoms with E-state index in [1.807, 2.05) is 25.1 Å². The maximum absolute atomic E-state index is 4.91. The van der Waals surface area contributed by atoms with Crippen molar-refractivity contribution in [3.63, 3.8) is 0 Å². The molecule has 0 saturated heterocycles. The first-order valence-electron chi connectivity index (χ1n) is 2.76. The van der Waals surface area contributed by atoms with E-state index in [0.29, 0.717) is 0 Å². The molecule has 0 rings (SSSR count). The van der Waals surface area contributed by atoms with E-state index in [9.17, 15) is 0 Å². The molecule has 0 unspecified atom stereocenters. The molecule has 0 atom stereocenters. The zero-order chi connectivity index (χ0) is 7.28. The summed E-state index contributed by atoms with van der Waals surface area (Å²) in [6, 6.07) is 0. The largest absolute Gasteiger partial charge is 0.366 e. The molecule has 0 aliphatic heterocycles. The van der Waals surface area contributed by atoms with E-state index < -0.39 is 0 Å². The van der Waals surface area contributed by atoms with Crippen LogP contribution in [0.15, 0.2) is 12.7 Å².